The largest absolute Gasteiger partial charge is 0.465 e. The van der Waals surface area contributed by atoms with Crippen LogP contribution in [0.1, 0.15) is 33.2 Å². The van der Waals surface area contributed by atoms with Crippen LogP contribution in [-0.4, -0.2) is 48.0 Å². The molecule has 188 valence electrons. The predicted octanol–water partition coefficient (Wildman–Crippen LogP) is 3.85. The lowest BCUT2D eigenvalue weighted by Crippen LogP contribution is -2.53. The lowest BCUT2D eigenvalue weighted by Gasteiger charge is -2.35. The first kappa shape index (κ1) is 24.5. The van der Waals surface area contributed by atoms with Gasteiger partial charge in [0.05, 0.1) is 18.4 Å². The number of rotatable bonds is 6. The number of nitrogens with zero attached hydrogens (tertiary/aromatic N) is 1. The van der Waals surface area contributed by atoms with Crippen LogP contribution in [0.15, 0.2) is 78.9 Å². The quantitative estimate of drug-likeness (QED) is 0.408. The van der Waals surface area contributed by atoms with Crippen molar-refractivity contribution in [2.45, 2.75) is 18.5 Å². The molecule has 8 heteroatoms. The van der Waals surface area contributed by atoms with Crippen molar-refractivity contribution in [2.24, 2.45) is 11.8 Å². The highest BCUT2D eigenvalue weighted by Crippen LogP contribution is 2.56. The Balaban J connectivity index is 1.81. The van der Waals surface area contributed by atoms with E-state index < -0.39 is 52.7 Å². The number of esters is 1. The third-order valence-corrected chi connectivity index (χ3v) is 7.34. The van der Waals surface area contributed by atoms with E-state index in [1.807, 2.05) is 0 Å². The Hall–Kier alpha value is -4.17. The van der Waals surface area contributed by atoms with E-state index in [-0.39, 0.29) is 23.3 Å². The first-order chi connectivity index (χ1) is 17.8. The molecule has 7 nitrogen and oxygen atoms in total. The van der Waals surface area contributed by atoms with Crippen molar-refractivity contribution in [3.05, 3.63) is 101 Å². The van der Waals surface area contributed by atoms with Gasteiger partial charge in [-0.2, -0.15) is 0 Å². The molecule has 37 heavy (non-hydrogen) atoms. The molecule has 0 radical (unpaired) electrons. The second-order valence-corrected chi connectivity index (χ2v) is 9.18. The van der Waals surface area contributed by atoms with E-state index in [4.69, 9.17) is 4.74 Å². The molecule has 1 N–H and O–H groups in total. The highest BCUT2D eigenvalue weighted by molar-refractivity contribution is 6.16. The molecular weight excluding hydrogens is 475 g/mol. The highest BCUT2D eigenvalue weighted by atomic mass is 19.1. The van der Waals surface area contributed by atoms with Crippen molar-refractivity contribution in [3.8, 4) is 0 Å². The molecule has 2 aliphatic heterocycles. The molecule has 0 aliphatic carbocycles. The number of hydrogen-bond acceptors (Lipinski definition) is 6. The Kier molecular flexibility index (Phi) is 6.21. The monoisotopic (exact) mass is 500 g/mol. The smallest absolute Gasteiger partial charge is 0.324 e. The number of carbonyl (C=O) groups excluding carboxylic acids is 4. The number of amides is 1. The molecule has 5 rings (SSSR count). The van der Waals surface area contributed by atoms with Gasteiger partial charge in [-0.1, -0.05) is 60.7 Å². The molecule has 4 atom stereocenters. The Morgan fingerprint density at radius 3 is 2.14 bits per heavy atom. The van der Waals surface area contributed by atoms with Gasteiger partial charge in [0, 0.05) is 22.4 Å². The second-order valence-electron chi connectivity index (χ2n) is 9.18. The first-order valence-electron chi connectivity index (χ1n) is 12.0. The topological polar surface area (TPSA) is 92.8 Å². The lowest BCUT2D eigenvalue weighted by atomic mass is 9.69. The maximum Gasteiger partial charge on any atom is 0.324 e. The average Bonchev–Trinajstić information content (AvgIpc) is 3.35. The predicted molar refractivity (Wildman–Crippen MR) is 133 cm³/mol. The maximum atomic E-state index is 14.6. The Bertz CT molecular complexity index is 1390. The number of likely N-dealkylation sites (tertiary alicyclic amines) is 1. The van der Waals surface area contributed by atoms with Crippen molar-refractivity contribution in [1.82, 2.24) is 4.90 Å². The zero-order valence-electron chi connectivity index (χ0n) is 20.3. The van der Waals surface area contributed by atoms with E-state index in [1.165, 1.54) is 30.1 Å². The minimum Gasteiger partial charge on any atom is -0.465 e. The van der Waals surface area contributed by atoms with Crippen LogP contribution in [0.3, 0.4) is 0 Å². The normalized spacial score (nSPS) is 24.5. The van der Waals surface area contributed by atoms with Crippen LogP contribution >= 0.6 is 0 Å². The number of ketones is 2. The molecule has 3 aromatic rings. The number of Topliss-reactive ketones (excluding diaryl/α,β-unsaturated/α-hetero) is 2. The Labute approximate surface area is 213 Å². The fourth-order valence-corrected chi connectivity index (χ4v) is 5.82. The molecule has 0 saturated carbocycles. The summed E-state index contributed by atoms with van der Waals surface area (Å²) in [7, 11) is 1.50. The number of benzene rings is 3. The third-order valence-electron chi connectivity index (χ3n) is 7.34. The minimum absolute atomic E-state index is 0.0388. The van der Waals surface area contributed by atoms with Crippen LogP contribution in [0.25, 0.3) is 0 Å². The summed E-state index contributed by atoms with van der Waals surface area (Å²) in [4.78, 5) is 57.0. The molecule has 0 aromatic heterocycles. The minimum atomic E-state index is -1.82. The molecule has 0 bridgehead atoms. The van der Waals surface area contributed by atoms with Crippen LogP contribution in [0.2, 0.25) is 0 Å². The van der Waals surface area contributed by atoms with E-state index in [0.717, 1.165) is 0 Å². The fraction of sp³-hybridized carbons (Fsp3) is 0.241. The van der Waals surface area contributed by atoms with E-state index >= 15 is 0 Å². The van der Waals surface area contributed by atoms with Gasteiger partial charge in [0.25, 0.3) is 0 Å². The zero-order chi connectivity index (χ0) is 26.3. The number of halogens is 1. The first-order valence-corrected chi connectivity index (χ1v) is 12.0. The zero-order valence-corrected chi connectivity index (χ0v) is 20.3. The molecule has 4 unspecified atom stereocenters. The van der Waals surface area contributed by atoms with Crippen molar-refractivity contribution in [3.63, 3.8) is 0 Å². The molecule has 2 aliphatic rings. The maximum absolute atomic E-state index is 14.6. The lowest BCUT2D eigenvalue weighted by molar-refractivity contribution is -0.150. The number of nitrogens with one attached hydrogen (secondary N) is 1. The molecular formula is C29H25FN2O5. The summed E-state index contributed by atoms with van der Waals surface area (Å²) in [6, 6.07) is 19.1. The number of likely N-dealkylation sites (N-methyl/N-ethyl adjacent to an activating group) is 1. The van der Waals surface area contributed by atoms with Crippen LogP contribution in [0.5, 0.6) is 0 Å². The molecule has 1 saturated heterocycles. The van der Waals surface area contributed by atoms with Crippen molar-refractivity contribution < 1.29 is 28.3 Å². The summed E-state index contributed by atoms with van der Waals surface area (Å²) in [5.41, 5.74) is -0.743. The van der Waals surface area contributed by atoms with Gasteiger partial charge in [0.2, 0.25) is 5.91 Å². The van der Waals surface area contributed by atoms with E-state index in [9.17, 15) is 23.6 Å². The number of carbonyl (C=O) groups is 4. The summed E-state index contributed by atoms with van der Waals surface area (Å²) in [5, 5.41) is 2.75. The van der Waals surface area contributed by atoms with Crippen molar-refractivity contribution in [1.29, 1.82) is 0 Å². The van der Waals surface area contributed by atoms with Gasteiger partial charge < -0.3 is 10.1 Å². The summed E-state index contributed by atoms with van der Waals surface area (Å²) in [5.74, 6) is -5.55. The van der Waals surface area contributed by atoms with Crippen LogP contribution < -0.4 is 5.32 Å². The SMILES string of the molecule is CCOC(=O)C1C(C(=O)c2ccccc2)C(C(=O)c2ccccc2)C2(C(=O)Nc3ccc(F)cc32)N1C. The highest BCUT2D eigenvalue weighted by Gasteiger charge is 2.70. The van der Waals surface area contributed by atoms with Crippen LogP contribution in [-0.2, 0) is 19.9 Å². The van der Waals surface area contributed by atoms with Gasteiger partial charge in [-0.05, 0) is 32.2 Å². The third kappa shape index (κ3) is 3.67. The van der Waals surface area contributed by atoms with Gasteiger partial charge in [-0.25, -0.2) is 4.39 Å². The summed E-state index contributed by atoms with van der Waals surface area (Å²) < 4.78 is 19.9. The average molecular weight is 501 g/mol. The summed E-state index contributed by atoms with van der Waals surface area (Å²) >= 11 is 0. The Morgan fingerprint density at radius 2 is 1.54 bits per heavy atom. The molecule has 1 amide bonds. The van der Waals surface area contributed by atoms with E-state index in [0.29, 0.717) is 5.69 Å². The number of hydrogen-bond donors (Lipinski definition) is 1. The molecule has 1 fully saturated rings. The fourth-order valence-electron chi connectivity index (χ4n) is 5.82. The van der Waals surface area contributed by atoms with Crippen molar-refractivity contribution >= 4 is 29.1 Å². The van der Waals surface area contributed by atoms with Gasteiger partial charge in [-0.15, -0.1) is 0 Å². The summed E-state index contributed by atoms with van der Waals surface area (Å²) in [6.45, 7) is 1.67. The number of fused-ring (bicyclic) bond motifs is 2. The number of anilines is 1. The van der Waals surface area contributed by atoms with Crippen LogP contribution in [0, 0.1) is 17.7 Å². The van der Waals surface area contributed by atoms with Gasteiger partial charge in [0.15, 0.2) is 11.6 Å². The van der Waals surface area contributed by atoms with Gasteiger partial charge in [0.1, 0.15) is 17.4 Å². The number of ether oxygens (including phenoxy) is 1. The van der Waals surface area contributed by atoms with Crippen molar-refractivity contribution in [2.75, 3.05) is 19.0 Å². The van der Waals surface area contributed by atoms with Crippen LogP contribution in [0.4, 0.5) is 10.1 Å². The van der Waals surface area contributed by atoms with E-state index in [1.54, 1.807) is 67.6 Å². The van der Waals surface area contributed by atoms with Gasteiger partial charge in [-0.3, -0.25) is 24.1 Å². The van der Waals surface area contributed by atoms with Gasteiger partial charge >= 0.3 is 5.97 Å². The standard InChI is InChI=1S/C29H25FN2O5/c1-3-37-27(35)24-22(25(33)17-10-6-4-7-11-17)23(26(34)18-12-8-5-9-13-18)29(32(24)2)20-16-19(30)14-15-21(20)31-28(29)36/h4-16,22-24H,3H2,1-2H3,(H,31,36). The summed E-state index contributed by atoms with van der Waals surface area (Å²) in [6.07, 6.45) is 0. The molecule has 1 spiro atoms. The van der Waals surface area contributed by atoms with E-state index in [2.05, 4.69) is 5.32 Å². The Morgan fingerprint density at radius 1 is 0.946 bits per heavy atom. The molecule has 3 aromatic carbocycles. The second kappa shape index (κ2) is 9.37. The molecule has 2 heterocycles.